The maximum atomic E-state index is 12.4. The summed E-state index contributed by atoms with van der Waals surface area (Å²) in [7, 11) is 0. The molecule has 1 amide bonds. The molecule has 8 heteroatoms. The zero-order valence-corrected chi connectivity index (χ0v) is 18.4. The Labute approximate surface area is 178 Å². The third kappa shape index (κ3) is 3.49. The number of carbonyl (C=O) groups excluding carboxylic acids is 1. The van der Waals surface area contributed by atoms with Gasteiger partial charge in [-0.05, 0) is 45.4 Å². The fourth-order valence-electron chi connectivity index (χ4n) is 3.58. The van der Waals surface area contributed by atoms with E-state index in [1.165, 1.54) is 10.4 Å². The number of halogens is 1. The Morgan fingerprint density at radius 2 is 1.93 bits per heavy atom. The van der Waals surface area contributed by atoms with Gasteiger partial charge in [-0.1, -0.05) is 23.7 Å². The number of thiophene rings is 1. The maximum absolute atomic E-state index is 12.4. The zero-order valence-electron chi connectivity index (χ0n) is 16.8. The molecule has 2 aromatic heterocycles. The summed E-state index contributed by atoms with van der Waals surface area (Å²) in [6.07, 6.45) is 0.218. The van der Waals surface area contributed by atoms with E-state index in [0.717, 1.165) is 27.7 Å². The van der Waals surface area contributed by atoms with Crippen LogP contribution in [0, 0.1) is 20.8 Å². The van der Waals surface area contributed by atoms with Crippen molar-refractivity contribution in [2.75, 3.05) is 6.54 Å². The van der Waals surface area contributed by atoms with Crippen molar-refractivity contribution in [1.82, 2.24) is 20.1 Å². The van der Waals surface area contributed by atoms with Crippen LogP contribution in [0.3, 0.4) is 0 Å². The normalized spacial score (nSPS) is 15.3. The first-order chi connectivity index (χ1) is 13.9. The number of hydrogen-bond donors (Lipinski definition) is 1. The molecule has 0 unspecified atom stereocenters. The summed E-state index contributed by atoms with van der Waals surface area (Å²) in [5.41, 5.74) is 4.07. The van der Waals surface area contributed by atoms with E-state index < -0.39 is 6.04 Å². The summed E-state index contributed by atoms with van der Waals surface area (Å²) >= 11 is 7.81. The second-order valence-electron chi connectivity index (χ2n) is 7.06. The zero-order chi connectivity index (χ0) is 20.7. The van der Waals surface area contributed by atoms with Crippen molar-refractivity contribution in [2.24, 2.45) is 4.99 Å². The molecular weight excluding hydrogens is 406 g/mol. The molecule has 0 spiro atoms. The van der Waals surface area contributed by atoms with Crippen LogP contribution in [0.15, 0.2) is 29.3 Å². The minimum atomic E-state index is -0.423. The Balaban J connectivity index is 1.96. The molecular formula is C21H22ClN5OS. The molecule has 1 atom stereocenters. The summed E-state index contributed by atoms with van der Waals surface area (Å²) in [6.45, 7) is 8.64. The number of nitrogens with one attached hydrogen (secondary N) is 1. The predicted octanol–water partition coefficient (Wildman–Crippen LogP) is 4.33. The summed E-state index contributed by atoms with van der Waals surface area (Å²) in [5.74, 6) is 1.43. The Kier molecular flexibility index (Phi) is 5.27. The number of carbonyl (C=O) groups is 1. The van der Waals surface area contributed by atoms with Crippen LogP contribution in [0.2, 0.25) is 5.02 Å². The average molecular weight is 428 g/mol. The van der Waals surface area contributed by atoms with Gasteiger partial charge in [-0.25, -0.2) is 0 Å². The van der Waals surface area contributed by atoms with Crippen molar-refractivity contribution >= 4 is 34.6 Å². The summed E-state index contributed by atoms with van der Waals surface area (Å²) < 4.78 is 2.05. The maximum Gasteiger partial charge on any atom is 0.222 e. The smallest absolute Gasteiger partial charge is 0.222 e. The van der Waals surface area contributed by atoms with Crippen molar-refractivity contribution in [2.45, 2.75) is 40.2 Å². The van der Waals surface area contributed by atoms with Crippen LogP contribution in [-0.2, 0) is 4.79 Å². The van der Waals surface area contributed by atoms with Gasteiger partial charge in [0.1, 0.15) is 16.9 Å². The average Bonchev–Trinajstić information content (AvgIpc) is 3.15. The summed E-state index contributed by atoms with van der Waals surface area (Å²) in [4.78, 5) is 18.7. The highest BCUT2D eigenvalue weighted by Crippen LogP contribution is 2.39. The highest BCUT2D eigenvalue weighted by Gasteiger charge is 2.32. The lowest BCUT2D eigenvalue weighted by atomic mass is 9.99. The number of aromatic nitrogens is 3. The molecule has 3 heterocycles. The molecule has 1 aromatic carbocycles. The molecule has 0 radical (unpaired) electrons. The van der Waals surface area contributed by atoms with Crippen LogP contribution in [-0.4, -0.2) is 32.9 Å². The molecule has 29 heavy (non-hydrogen) atoms. The number of aliphatic imine (C=N–C) groups is 1. The first kappa shape index (κ1) is 19.8. The number of fused-ring (bicyclic) bond motifs is 3. The van der Waals surface area contributed by atoms with Crippen LogP contribution in [0.4, 0.5) is 0 Å². The van der Waals surface area contributed by atoms with Gasteiger partial charge in [-0.3, -0.25) is 14.4 Å². The summed E-state index contributed by atoms with van der Waals surface area (Å²) in [6, 6.07) is 7.25. The SMILES string of the molecule is CCNC(=O)C[C@@H]1N=C(c2ccc(Cl)cc2)c2c(sc(C)c2C)-n2c(C)nnc21. The number of rotatable bonds is 4. The van der Waals surface area contributed by atoms with Crippen LogP contribution in [0.5, 0.6) is 0 Å². The van der Waals surface area contributed by atoms with Gasteiger partial charge in [0.2, 0.25) is 5.91 Å². The van der Waals surface area contributed by atoms with E-state index in [1.807, 2.05) is 38.1 Å². The third-order valence-electron chi connectivity index (χ3n) is 5.11. The molecule has 3 aromatic rings. The van der Waals surface area contributed by atoms with E-state index >= 15 is 0 Å². The Morgan fingerprint density at radius 1 is 1.21 bits per heavy atom. The highest BCUT2D eigenvalue weighted by atomic mass is 35.5. The van der Waals surface area contributed by atoms with E-state index in [4.69, 9.17) is 16.6 Å². The fraction of sp³-hybridized carbons (Fsp3) is 0.333. The van der Waals surface area contributed by atoms with Crippen LogP contribution in [0.1, 0.15) is 52.6 Å². The molecule has 4 rings (SSSR count). The van der Waals surface area contributed by atoms with E-state index in [2.05, 4.69) is 33.9 Å². The molecule has 150 valence electrons. The predicted molar refractivity (Wildman–Crippen MR) is 117 cm³/mol. The van der Waals surface area contributed by atoms with E-state index in [1.54, 1.807) is 11.3 Å². The molecule has 0 fully saturated rings. The molecule has 6 nitrogen and oxygen atoms in total. The molecule has 1 N–H and O–H groups in total. The Hall–Kier alpha value is -2.51. The van der Waals surface area contributed by atoms with Gasteiger partial charge >= 0.3 is 0 Å². The number of hydrogen-bond acceptors (Lipinski definition) is 5. The second kappa shape index (κ2) is 7.72. The van der Waals surface area contributed by atoms with Gasteiger partial charge in [-0.2, -0.15) is 0 Å². The van der Waals surface area contributed by atoms with Gasteiger partial charge in [0.05, 0.1) is 12.1 Å². The molecule has 1 aliphatic heterocycles. The topological polar surface area (TPSA) is 72.2 Å². The van der Waals surface area contributed by atoms with Gasteiger partial charge < -0.3 is 5.32 Å². The molecule has 0 saturated heterocycles. The van der Waals surface area contributed by atoms with Gasteiger partial charge in [-0.15, -0.1) is 21.5 Å². The molecule has 0 saturated carbocycles. The lowest BCUT2D eigenvalue weighted by Gasteiger charge is -2.12. The van der Waals surface area contributed by atoms with Crippen molar-refractivity contribution in [3.63, 3.8) is 0 Å². The largest absolute Gasteiger partial charge is 0.356 e. The van der Waals surface area contributed by atoms with Gasteiger partial charge in [0.15, 0.2) is 5.82 Å². The minimum absolute atomic E-state index is 0.0536. The van der Waals surface area contributed by atoms with E-state index in [-0.39, 0.29) is 12.3 Å². The van der Waals surface area contributed by atoms with Gasteiger partial charge in [0, 0.05) is 27.6 Å². The monoisotopic (exact) mass is 427 g/mol. The first-order valence-electron chi connectivity index (χ1n) is 9.53. The van der Waals surface area contributed by atoms with E-state index in [9.17, 15) is 4.79 Å². The van der Waals surface area contributed by atoms with Crippen LogP contribution >= 0.6 is 22.9 Å². The van der Waals surface area contributed by atoms with E-state index in [0.29, 0.717) is 17.4 Å². The molecule has 0 bridgehead atoms. The second-order valence-corrected chi connectivity index (χ2v) is 8.70. The third-order valence-corrected chi connectivity index (χ3v) is 6.55. The number of aryl methyl sites for hydroxylation is 2. The standard InChI is InChI=1S/C21H22ClN5OS/c1-5-23-17(28)10-16-20-26-25-13(4)27(20)21-18(11(2)12(3)29-21)19(24-16)14-6-8-15(22)9-7-14/h6-9,16H,5,10H2,1-4H3,(H,23,28)/t16-/m0/s1. The van der Waals surface area contributed by atoms with Crippen LogP contribution < -0.4 is 5.32 Å². The van der Waals surface area contributed by atoms with Gasteiger partial charge in [0.25, 0.3) is 0 Å². The van der Waals surface area contributed by atoms with Crippen molar-refractivity contribution in [3.05, 3.63) is 62.5 Å². The minimum Gasteiger partial charge on any atom is -0.356 e. The first-order valence-corrected chi connectivity index (χ1v) is 10.7. The van der Waals surface area contributed by atoms with Crippen molar-refractivity contribution < 1.29 is 4.79 Å². The van der Waals surface area contributed by atoms with Crippen molar-refractivity contribution in [1.29, 1.82) is 0 Å². The number of amides is 1. The molecule has 0 aliphatic carbocycles. The Bertz CT molecular complexity index is 1110. The lowest BCUT2D eigenvalue weighted by Crippen LogP contribution is -2.25. The highest BCUT2D eigenvalue weighted by molar-refractivity contribution is 7.15. The van der Waals surface area contributed by atoms with Crippen LogP contribution in [0.25, 0.3) is 5.00 Å². The summed E-state index contributed by atoms with van der Waals surface area (Å²) in [5, 5.41) is 13.3. The number of benzene rings is 1. The fourth-order valence-corrected chi connectivity index (χ4v) is 4.92. The lowest BCUT2D eigenvalue weighted by molar-refractivity contribution is -0.121. The number of nitrogens with zero attached hydrogens (tertiary/aromatic N) is 4. The molecule has 1 aliphatic rings. The Morgan fingerprint density at radius 3 is 2.62 bits per heavy atom. The quantitative estimate of drug-likeness (QED) is 0.673. The van der Waals surface area contributed by atoms with Crippen molar-refractivity contribution in [3.8, 4) is 5.00 Å².